The van der Waals surface area contributed by atoms with Crippen LogP contribution in [0.25, 0.3) is 90.9 Å². The Bertz CT molecular complexity index is 3940. The number of aromatic amines is 2. The number of benzene rings is 4. The molecule has 28 nitrogen and oxygen atoms in total. The van der Waals surface area contributed by atoms with Crippen LogP contribution in [0.2, 0.25) is 0 Å². The van der Waals surface area contributed by atoms with E-state index in [4.69, 9.17) is 55.8 Å². The number of amides is 8. The van der Waals surface area contributed by atoms with Crippen LogP contribution in [-0.2, 0) is 19.2 Å². The second-order valence-corrected chi connectivity index (χ2v) is 26.6. The minimum Gasteiger partial charge on any atom is -0.354 e. The number of aromatic nitrogens is 4. The summed E-state index contributed by atoms with van der Waals surface area (Å²) in [4.78, 5) is 124. The maximum Gasteiger partial charge on any atom is 0.251 e. The highest BCUT2D eigenvalue weighted by molar-refractivity contribution is 6.03. The molecule has 0 radical (unpaired) electrons. The van der Waals surface area contributed by atoms with Crippen LogP contribution >= 0.6 is 0 Å². The molecule has 9 rings (SSSR count). The molecule has 2 aliphatic rings. The summed E-state index contributed by atoms with van der Waals surface area (Å²) in [7, 11) is 0. The number of rotatable bonds is 40. The van der Waals surface area contributed by atoms with Gasteiger partial charge in [-0.2, -0.15) is 0 Å². The molecule has 0 fully saturated rings. The predicted octanol–water partition coefficient (Wildman–Crippen LogP) is 4.53. The lowest BCUT2D eigenvalue weighted by Gasteiger charge is -2.12. The molecular formula is C80H102N20O8. The Morgan fingerprint density at radius 2 is 0.472 bits per heavy atom. The van der Waals surface area contributed by atoms with Gasteiger partial charge >= 0.3 is 0 Å². The Morgan fingerprint density at radius 3 is 0.667 bits per heavy atom. The monoisotopic (exact) mass is 1470 g/mol. The largest absolute Gasteiger partial charge is 0.354 e. The predicted molar refractivity (Wildman–Crippen MR) is 425 cm³/mol. The zero-order valence-corrected chi connectivity index (χ0v) is 60.9. The number of nitrogens with two attached hydrogens (primary N) is 8. The van der Waals surface area contributed by atoms with Gasteiger partial charge in [0.05, 0.1) is 46.9 Å². The van der Waals surface area contributed by atoms with E-state index in [1.165, 1.54) is 0 Å². The van der Waals surface area contributed by atoms with E-state index in [1.54, 1.807) is 48.5 Å². The number of H-pyrrole nitrogens is 2. The third-order valence-electron chi connectivity index (χ3n) is 18.6. The van der Waals surface area contributed by atoms with Crippen LogP contribution in [0.4, 0.5) is 0 Å². The summed E-state index contributed by atoms with van der Waals surface area (Å²) in [5.41, 5.74) is 58.5. The van der Waals surface area contributed by atoms with Gasteiger partial charge in [0.1, 0.15) is 0 Å². The number of hydrogen-bond donors (Lipinski definition) is 18. The Morgan fingerprint density at radius 1 is 0.278 bits per heavy atom. The zero-order valence-electron chi connectivity index (χ0n) is 60.9. The average molecular weight is 1470 g/mol. The van der Waals surface area contributed by atoms with Crippen molar-refractivity contribution in [2.24, 2.45) is 45.9 Å². The van der Waals surface area contributed by atoms with Crippen LogP contribution in [0.1, 0.15) is 141 Å². The highest BCUT2D eigenvalue weighted by Crippen LogP contribution is 2.39. The molecule has 3 aromatic heterocycles. The molecule has 0 saturated heterocycles. The van der Waals surface area contributed by atoms with Crippen molar-refractivity contribution < 1.29 is 38.4 Å². The fraction of sp³-hybridized carbons (Fsp3) is 0.350. The molecule has 8 bridgehead atoms. The summed E-state index contributed by atoms with van der Waals surface area (Å²) in [6.07, 6.45) is 15.6. The molecule has 4 atom stereocenters. The van der Waals surface area contributed by atoms with Crippen molar-refractivity contribution in [1.82, 2.24) is 62.5 Å². The summed E-state index contributed by atoms with van der Waals surface area (Å²) < 4.78 is 0. The Kier molecular flexibility index (Phi) is 30.9. The van der Waals surface area contributed by atoms with E-state index in [9.17, 15) is 38.4 Å². The van der Waals surface area contributed by atoms with Crippen molar-refractivity contribution in [2.75, 3.05) is 78.5 Å². The standard InChI is InChI=1S/C80H102N20O8/c81-37-5-1-9-57(85)77(105)93-45-41-89-73(101)53-21-13-49(14-22-53)69-61-29-31-63(97-61)70(50-15-23-54(24-16-50)74(102)90-42-46-94-78(106)58(86)10-2-6-38-82)65-33-35-67(99-65)72(52-19-27-56(28-20-52)76(104)92-44-48-96-80(108)60(88)12-4-8-40-84)68-36-34-66(100-68)71(64-32-30-62(69)98-64)51-17-25-55(26-18-51)75(103)91-43-47-95-79(107)59(87)11-3-7-39-83/h13-36,57-60,97,100H,1-12,37-48,81-88H2,(H,89,101)(H,90,102)(H,91,103)(H,92,104)(H,93,105)(H,94,106)(H,95,107)(H,96,108). The zero-order chi connectivity index (χ0) is 76.9. The number of carbonyl (C=O) groups excluding carboxylic acids is 8. The van der Waals surface area contributed by atoms with Crippen LogP contribution in [0.5, 0.6) is 0 Å². The molecule has 4 unspecified atom stereocenters. The molecule has 26 N–H and O–H groups in total. The summed E-state index contributed by atoms with van der Waals surface area (Å²) in [6, 6.07) is 33.5. The van der Waals surface area contributed by atoms with Crippen molar-refractivity contribution in [1.29, 1.82) is 0 Å². The van der Waals surface area contributed by atoms with Gasteiger partial charge in [0.15, 0.2) is 0 Å². The molecular weight excluding hydrogens is 1370 g/mol. The van der Waals surface area contributed by atoms with E-state index in [2.05, 4.69) is 52.5 Å². The maximum atomic E-state index is 13.7. The van der Waals surface area contributed by atoms with Crippen LogP contribution in [0.3, 0.4) is 0 Å². The van der Waals surface area contributed by atoms with E-state index < -0.39 is 24.2 Å². The van der Waals surface area contributed by atoms with Crippen LogP contribution in [0, 0.1) is 0 Å². The van der Waals surface area contributed by atoms with Crippen molar-refractivity contribution in [2.45, 2.75) is 101 Å². The fourth-order valence-corrected chi connectivity index (χ4v) is 12.5. The van der Waals surface area contributed by atoms with Gasteiger partial charge in [0, 0.05) is 119 Å². The lowest BCUT2D eigenvalue weighted by atomic mass is 10.0. The summed E-state index contributed by atoms with van der Waals surface area (Å²) in [5.74, 6) is -2.66. The molecule has 28 heteroatoms. The molecule has 0 aliphatic carbocycles. The topological polar surface area (TPSA) is 498 Å². The molecule has 8 amide bonds. The minimum atomic E-state index is -0.685. The van der Waals surface area contributed by atoms with Crippen molar-refractivity contribution >= 4 is 93.6 Å². The van der Waals surface area contributed by atoms with Gasteiger partial charge in [-0.15, -0.1) is 0 Å². The molecule has 2 aliphatic heterocycles. The SMILES string of the molecule is NCCCCC(N)C(=O)NCCNC(=O)c1ccc(-c2c3nc(c(-c4ccc(C(=O)NCCNC(=O)C(N)CCCCN)cc4)c4ccc([nH]4)c(-c4ccc(C(=O)NCCNC(=O)C(N)CCCCN)cc4)c4nc(c(-c5ccc(C(=O)NCCNC(=O)C(N)CCCCN)cc5)c5ccc2[nH]5)C=C4)C=C3)cc1. The second kappa shape index (κ2) is 41.1. The molecule has 5 heterocycles. The number of fused-ring (bicyclic) bond motifs is 8. The average Bonchev–Trinajstić information content (AvgIpc) is 1.61. The van der Waals surface area contributed by atoms with Crippen molar-refractivity contribution in [3.05, 3.63) is 166 Å². The number of hydrogen-bond acceptors (Lipinski definition) is 18. The first-order chi connectivity index (χ1) is 52.4. The first-order valence-electron chi connectivity index (χ1n) is 37.0. The third-order valence-corrected chi connectivity index (χ3v) is 18.6. The lowest BCUT2D eigenvalue weighted by Crippen LogP contribution is -2.43. The van der Waals surface area contributed by atoms with E-state index in [-0.39, 0.29) is 99.6 Å². The van der Waals surface area contributed by atoms with Gasteiger partial charge in [0.25, 0.3) is 23.6 Å². The summed E-state index contributed by atoms with van der Waals surface area (Å²) in [6.45, 7) is 3.37. The number of unbranched alkanes of at least 4 members (excludes halogenated alkanes) is 4. The fourth-order valence-electron chi connectivity index (χ4n) is 12.5. The van der Waals surface area contributed by atoms with Crippen LogP contribution in [0.15, 0.2) is 121 Å². The van der Waals surface area contributed by atoms with E-state index in [0.29, 0.717) is 163 Å². The summed E-state index contributed by atoms with van der Waals surface area (Å²) in [5, 5.41) is 22.8. The van der Waals surface area contributed by atoms with Gasteiger partial charge < -0.3 is 98.4 Å². The van der Waals surface area contributed by atoms with E-state index >= 15 is 0 Å². The molecule has 0 spiro atoms. The van der Waals surface area contributed by atoms with Crippen LogP contribution in [-0.4, -0.2) is 170 Å². The van der Waals surface area contributed by atoms with E-state index in [1.807, 2.05) is 97.1 Å². The maximum absolute atomic E-state index is 13.7. The quantitative estimate of drug-likeness (QED) is 0.0234. The highest BCUT2D eigenvalue weighted by Gasteiger charge is 2.23. The van der Waals surface area contributed by atoms with Gasteiger partial charge in [0.2, 0.25) is 23.6 Å². The molecule has 4 aromatic carbocycles. The molecule has 7 aromatic rings. The lowest BCUT2D eigenvalue weighted by molar-refractivity contribution is -0.123. The number of carbonyl (C=O) groups is 8. The molecule has 108 heavy (non-hydrogen) atoms. The van der Waals surface area contributed by atoms with Gasteiger partial charge in [-0.3, -0.25) is 38.4 Å². The summed E-state index contributed by atoms with van der Waals surface area (Å²) >= 11 is 0. The van der Waals surface area contributed by atoms with Gasteiger partial charge in [-0.25, -0.2) is 9.97 Å². The van der Waals surface area contributed by atoms with Crippen molar-refractivity contribution in [3.63, 3.8) is 0 Å². The molecule has 0 saturated carbocycles. The first-order valence-corrected chi connectivity index (χ1v) is 37.0. The Hall–Kier alpha value is -11.1. The third kappa shape index (κ3) is 22.5. The highest BCUT2D eigenvalue weighted by atomic mass is 16.2. The van der Waals surface area contributed by atoms with E-state index in [0.717, 1.165) is 51.4 Å². The Balaban J connectivity index is 1.13. The minimum absolute atomic E-state index is 0.156. The van der Waals surface area contributed by atoms with Crippen LogP contribution < -0.4 is 88.4 Å². The number of nitrogens with zero attached hydrogens (tertiary/aromatic N) is 2. The van der Waals surface area contributed by atoms with Gasteiger partial charge in [-0.1, -0.05) is 74.2 Å². The number of nitrogens with one attached hydrogen (secondary N) is 10. The van der Waals surface area contributed by atoms with Gasteiger partial charge in [-0.05, 0) is 197 Å². The molecule has 570 valence electrons. The smallest absolute Gasteiger partial charge is 0.251 e. The second-order valence-electron chi connectivity index (χ2n) is 26.6. The normalized spacial score (nSPS) is 12.7. The Labute approximate surface area is 628 Å². The van der Waals surface area contributed by atoms with Crippen molar-refractivity contribution in [3.8, 4) is 44.5 Å². The first kappa shape index (κ1) is 81.0.